The number of nitriles is 1. The van der Waals surface area contributed by atoms with Gasteiger partial charge in [-0.1, -0.05) is 12.1 Å². The van der Waals surface area contributed by atoms with Gasteiger partial charge in [0, 0.05) is 17.3 Å². The van der Waals surface area contributed by atoms with Crippen LogP contribution in [0.2, 0.25) is 0 Å². The second kappa shape index (κ2) is 5.19. The second-order valence-corrected chi connectivity index (χ2v) is 3.78. The lowest BCUT2D eigenvalue weighted by atomic mass is 10.1. The van der Waals surface area contributed by atoms with Crippen molar-refractivity contribution in [2.45, 2.75) is 6.61 Å². The zero-order valence-electron chi connectivity index (χ0n) is 9.56. The molecule has 0 aliphatic heterocycles. The highest BCUT2D eigenvalue weighted by atomic mass is 19.1. The maximum absolute atomic E-state index is 13.6. The Hall–Kier alpha value is -2.54. The first kappa shape index (κ1) is 11.9. The zero-order valence-corrected chi connectivity index (χ0v) is 9.56. The maximum atomic E-state index is 13.6. The van der Waals surface area contributed by atoms with Gasteiger partial charge >= 0.3 is 0 Å². The Morgan fingerprint density at radius 2 is 2.06 bits per heavy atom. The third kappa shape index (κ3) is 2.77. The number of halogens is 1. The molecule has 0 atom stereocenters. The van der Waals surface area contributed by atoms with Gasteiger partial charge in [-0.25, -0.2) is 4.39 Å². The summed E-state index contributed by atoms with van der Waals surface area (Å²) in [5, 5.41) is 8.63. The van der Waals surface area contributed by atoms with Crippen molar-refractivity contribution in [2.75, 3.05) is 5.73 Å². The van der Waals surface area contributed by atoms with E-state index in [-0.39, 0.29) is 6.61 Å². The van der Waals surface area contributed by atoms with E-state index < -0.39 is 5.82 Å². The van der Waals surface area contributed by atoms with Gasteiger partial charge in [-0.05, 0) is 24.3 Å². The van der Waals surface area contributed by atoms with Crippen LogP contribution in [0.5, 0.6) is 5.75 Å². The van der Waals surface area contributed by atoms with Crippen LogP contribution in [-0.2, 0) is 6.61 Å². The van der Waals surface area contributed by atoms with Crippen molar-refractivity contribution >= 4 is 5.69 Å². The van der Waals surface area contributed by atoms with Crippen LogP contribution in [0.25, 0.3) is 0 Å². The van der Waals surface area contributed by atoms with Crippen LogP contribution in [0.4, 0.5) is 10.1 Å². The van der Waals surface area contributed by atoms with Gasteiger partial charge < -0.3 is 10.5 Å². The summed E-state index contributed by atoms with van der Waals surface area (Å²) in [7, 11) is 0. The van der Waals surface area contributed by atoms with Crippen molar-refractivity contribution in [2.24, 2.45) is 0 Å². The predicted molar refractivity (Wildman–Crippen MR) is 66.3 cm³/mol. The topological polar surface area (TPSA) is 59.0 Å². The Morgan fingerprint density at radius 3 is 2.72 bits per heavy atom. The number of nitrogens with two attached hydrogens (primary N) is 1. The largest absolute Gasteiger partial charge is 0.489 e. The van der Waals surface area contributed by atoms with E-state index >= 15 is 0 Å². The highest BCUT2D eigenvalue weighted by Gasteiger charge is 2.04. The van der Waals surface area contributed by atoms with Crippen LogP contribution < -0.4 is 10.5 Å². The lowest BCUT2D eigenvalue weighted by Gasteiger charge is -2.07. The molecule has 0 aliphatic carbocycles. The van der Waals surface area contributed by atoms with E-state index in [1.165, 1.54) is 6.07 Å². The van der Waals surface area contributed by atoms with Crippen molar-refractivity contribution in [3.05, 3.63) is 59.4 Å². The summed E-state index contributed by atoms with van der Waals surface area (Å²) < 4.78 is 19.0. The minimum atomic E-state index is -0.446. The number of anilines is 1. The van der Waals surface area contributed by atoms with E-state index in [9.17, 15) is 4.39 Å². The van der Waals surface area contributed by atoms with E-state index in [1.807, 2.05) is 6.07 Å². The van der Waals surface area contributed by atoms with E-state index in [0.717, 1.165) is 0 Å². The van der Waals surface area contributed by atoms with Gasteiger partial charge in [0.15, 0.2) is 0 Å². The van der Waals surface area contributed by atoms with Gasteiger partial charge in [0.1, 0.15) is 18.2 Å². The Kier molecular flexibility index (Phi) is 3.44. The number of hydrogen-bond acceptors (Lipinski definition) is 3. The second-order valence-electron chi connectivity index (χ2n) is 3.78. The zero-order chi connectivity index (χ0) is 13.0. The molecule has 0 fully saturated rings. The van der Waals surface area contributed by atoms with Gasteiger partial charge in [0.25, 0.3) is 0 Å². The van der Waals surface area contributed by atoms with Crippen molar-refractivity contribution < 1.29 is 9.13 Å². The minimum absolute atomic E-state index is 0.0982. The molecule has 0 unspecified atom stereocenters. The molecule has 0 aromatic heterocycles. The molecule has 0 aliphatic rings. The minimum Gasteiger partial charge on any atom is -0.489 e. The Bertz CT molecular complexity index is 605. The SMILES string of the molecule is N#Cc1ccc(COc2cccc(N)c2)c(F)c1. The molecular weight excluding hydrogens is 231 g/mol. The lowest BCUT2D eigenvalue weighted by Crippen LogP contribution is -1.99. The number of nitrogen functional groups attached to an aromatic ring is 1. The average molecular weight is 242 g/mol. The first-order chi connectivity index (χ1) is 8.69. The first-order valence-corrected chi connectivity index (χ1v) is 5.36. The molecule has 2 N–H and O–H groups in total. The summed E-state index contributed by atoms with van der Waals surface area (Å²) in [6, 6.07) is 13.1. The molecule has 3 nitrogen and oxygen atoms in total. The molecule has 2 rings (SSSR count). The van der Waals surface area contributed by atoms with Gasteiger partial charge in [-0.2, -0.15) is 5.26 Å². The molecule has 0 spiro atoms. The number of rotatable bonds is 3. The molecule has 0 saturated heterocycles. The number of benzene rings is 2. The maximum Gasteiger partial charge on any atom is 0.131 e. The lowest BCUT2D eigenvalue weighted by molar-refractivity contribution is 0.300. The molecule has 90 valence electrons. The van der Waals surface area contributed by atoms with E-state index in [1.54, 1.807) is 36.4 Å². The van der Waals surface area contributed by atoms with E-state index in [2.05, 4.69) is 0 Å². The fourth-order valence-corrected chi connectivity index (χ4v) is 1.50. The van der Waals surface area contributed by atoms with Crippen LogP contribution in [0.3, 0.4) is 0 Å². The van der Waals surface area contributed by atoms with E-state index in [4.69, 9.17) is 15.7 Å². The van der Waals surface area contributed by atoms with Crippen LogP contribution in [0, 0.1) is 17.1 Å². The van der Waals surface area contributed by atoms with Gasteiger partial charge in [-0.15, -0.1) is 0 Å². The number of ether oxygens (including phenoxy) is 1. The molecule has 0 heterocycles. The summed E-state index contributed by atoms with van der Waals surface area (Å²) in [4.78, 5) is 0. The van der Waals surface area contributed by atoms with Crippen LogP contribution in [0.1, 0.15) is 11.1 Å². The highest BCUT2D eigenvalue weighted by molar-refractivity contribution is 5.43. The van der Waals surface area contributed by atoms with Crippen molar-refractivity contribution in [3.63, 3.8) is 0 Å². The third-order valence-electron chi connectivity index (χ3n) is 2.43. The van der Waals surface area contributed by atoms with Gasteiger partial charge in [0.2, 0.25) is 0 Å². The third-order valence-corrected chi connectivity index (χ3v) is 2.43. The van der Waals surface area contributed by atoms with Crippen molar-refractivity contribution in [1.29, 1.82) is 5.26 Å². The predicted octanol–water partition coefficient (Wildman–Crippen LogP) is 2.86. The molecule has 4 heteroatoms. The molecule has 2 aromatic carbocycles. The highest BCUT2D eigenvalue weighted by Crippen LogP contribution is 2.17. The quantitative estimate of drug-likeness (QED) is 0.842. The molecular formula is C14H11FN2O. The smallest absolute Gasteiger partial charge is 0.131 e. The van der Waals surface area contributed by atoms with Crippen LogP contribution in [-0.4, -0.2) is 0 Å². The average Bonchev–Trinajstić information content (AvgIpc) is 2.37. The van der Waals surface area contributed by atoms with Crippen molar-refractivity contribution in [1.82, 2.24) is 0 Å². The Labute approximate surface area is 104 Å². The molecule has 18 heavy (non-hydrogen) atoms. The molecule has 2 aromatic rings. The standard InChI is InChI=1S/C14H11FN2O/c15-14-6-10(8-16)4-5-11(14)9-18-13-3-1-2-12(17)7-13/h1-7H,9,17H2. The molecule has 0 amide bonds. The summed E-state index contributed by atoms with van der Waals surface area (Å²) in [6.45, 7) is 0.0982. The molecule has 0 radical (unpaired) electrons. The van der Waals surface area contributed by atoms with E-state index in [0.29, 0.717) is 22.6 Å². The normalized spacial score (nSPS) is 9.78. The summed E-state index contributed by atoms with van der Waals surface area (Å²) in [6.07, 6.45) is 0. The monoisotopic (exact) mass is 242 g/mol. The number of nitrogens with zero attached hydrogens (tertiary/aromatic N) is 1. The Morgan fingerprint density at radius 1 is 1.22 bits per heavy atom. The fourth-order valence-electron chi connectivity index (χ4n) is 1.50. The summed E-state index contributed by atoms with van der Waals surface area (Å²) in [5.41, 5.74) is 6.89. The van der Waals surface area contributed by atoms with Crippen LogP contribution >= 0.6 is 0 Å². The number of hydrogen-bond donors (Lipinski definition) is 1. The first-order valence-electron chi connectivity index (χ1n) is 5.36. The molecule has 0 bridgehead atoms. The fraction of sp³-hybridized carbons (Fsp3) is 0.0714. The van der Waals surface area contributed by atoms with Crippen molar-refractivity contribution in [3.8, 4) is 11.8 Å². The van der Waals surface area contributed by atoms with Gasteiger partial charge in [0.05, 0.1) is 11.6 Å². The Balaban J connectivity index is 2.09. The summed E-state index contributed by atoms with van der Waals surface area (Å²) in [5.74, 6) is 0.136. The van der Waals surface area contributed by atoms with Crippen LogP contribution in [0.15, 0.2) is 42.5 Å². The summed E-state index contributed by atoms with van der Waals surface area (Å²) >= 11 is 0. The molecule has 0 saturated carbocycles. The van der Waals surface area contributed by atoms with Gasteiger partial charge in [-0.3, -0.25) is 0 Å².